The van der Waals surface area contributed by atoms with Gasteiger partial charge in [0.05, 0.1) is 27.2 Å². The second-order valence-corrected chi connectivity index (χ2v) is 6.51. The first kappa shape index (κ1) is 15.8. The fraction of sp³-hybridized carbons (Fsp3) is 0.417. The summed E-state index contributed by atoms with van der Waals surface area (Å²) in [5.74, 6) is 0. The number of halogens is 4. The Kier molecular flexibility index (Phi) is 4.40. The third kappa shape index (κ3) is 2.57. The second kappa shape index (κ2) is 5.85. The summed E-state index contributed by atoms with van der Waals surface area (Å²) < 4.78 is 7.15. The maximum Gasteiger partial charge on any atom is 0.206 e. The standard InChI is InChI=1S/C12H10BrCl3N2O3/c13-3-8-9(19)10(20)11(21-8)18-7-2-5(15)4(14)1-6(7)17-12(18)16/h1-2,8-11,19-20H,3H2. The summed E-state index contributed by atoms with van der Waals surface area (Å²) in [6.45, 7) is 0. The number of rotatable bonds is 2. The highest BCUT2D eigenvalue weighted by Crippen LogP contribution is 2.37. The normalized spacial score (nSPS) is 29.4. The number of fused-ring (bicyclic) bond motifs is 1. The molecule has 3 rings (SSSR count). The Morgan fingerprint density at radius 2 is 1.86 bits per heavy atom. The van der Waals surface area contributed by atoms with Gasteiger partial charge in [-0.3, -0.25) is 4.57 Å². The molecule has 114 valence electrons. The topological polar surface area (TPSA) is 67.5 Å². The Bertz CT molecular complexity index is 696. The van der Waals surface area contributed by atoms with E-state index < -0.39 is 24.5 Å². The summed E-state index contributed by atoms with van der Waals surface area (Å²) in [7, 11) is 0. The van der Waals surface area contributed by atoms with Gasteiger partial charge in [0.25, 0.3) is 0 Å². The van der Waals surface area contributed by atoms with Gasteiger partial charge in [-0.2, -0.15) is 0 Å². The molecule has 0 aliphatic carbocycles. The fourth-order valence-corrected chi connectivity index (χ4v) is 3.50. The van der Waals surface area contributed by atoms with E-state index in [1.807, 2.05) is 0 Å². The van der Waals surface area contributed by atoms with Crippen LogP contribution in [-0.4, -0.2) is 43.4 Å². The first-order chi connectivity index (χ1) is 9.93. The van der Waals surface area contributed by atoms with Gasteiger partial charge in [-0.15, -0.1) is 0 Å². The molecule has 0 bridgehead atoms. The molecule has 1 aliphatic heterocycles. The molecule has 0 spiro atoms. The third-order valence-electron chi connectivity index (χ3n) is 3.43. The molecule has 1 aromatic carbocycles. The van der Waals surface area contributed by atoms with E-state index in [0.29, 0.717) is 26.4 Å². The van der Waals surface area contributed by atoms with Gasteiger partial charge in [0.1, 0.15) is 12.2 Å². The lowest BCUT2D eigenvalue weighted by atomic mass is 10.1. The molecule has 1 aliphatic rings. The van der Waals surface area contributed by atoms with E-state index in [2.05, 4.69) is 20.9 Å². The van der Waals surface area contributed by atoms with E-state index in [9.17, 15) is 10.2 Å². The Morgan fingerprint density at radius 3 is 2.48 bits per heavy atom. The first-order valence-electron chi connectivity index (χ1n) is 6.04. The van der Waals surface area contributed by atoms with Crippen molar-refractivity contribution < 1.29 is 14.9 Å². The first-order valence-corrected chi connectivity index (χ1v) is 8.29. The van der Waals surface area contributed by atoms with Gasteiger partial charge in [0.2, 0.25) is 5.28 Å². The highest BCUT2D eigenvalue weighted by molar-refractivity contribution is 9.09. The predicted molar refractivity (Wildman–Crippen MR) is 84.5 cm³/mol. The number of hydrogen-bond donors (Lipinski definition) is 2. The summed E-state index contributed by atoms with van der Waals surface area (Å²) in [6.07, 6.45) is -3.54. The van der Waals surface area contributed by atoms with Gasteiger partial charge in [-0.25, -0.2) is 4.98 Å². The van der Waals surface area contributed by atoms with Gasteiger partial charge in [0, 0.05) is 5.33 Å². The monoisotopic (exact) mass is 414 g/mol. The van der Waals surface area contributed by atoms with E-state index in [0.717, 1.165) is 0 Å². The van der Waals surface area contributed by atoms with Gasteiger partial charge in [0.15, 0.2) is 6.23 Å². The minimum Gasteiger partial charge on any atom is -0.387 e. The van der Waals surface area contributed by atoms with Crippen LogP contribution in [0.2, 0.25) is 15.3 Å². The molecule has 5 nitrogen and oxygen atoms in total. The Morgan fingerprint density at radius 1 is 1.19 bits per heavy atom. The van der Waals surface area contributed by atoms with Crippen LogP contribution in [0.4, 0.5) is 0 Å². The van der Waals surface area contributed by atoms with Crippen molar-refractivity contribution in [3.05, 3.63) is 27.5 Å². The van der Waals surface area contributed by atoms with Crippen LogP contribution >= 0.6 is 50.7 Å². The second-order valence-electron chi connectivity index (χ2n) is 4.71. The molecule has 2 aromatic rings. The van der Waals surface area contributed by atoms with Crippen LogP contribution in [0.25, 0.3) is 11.0 Å². The van der Waals surface area contributed by atoms with Crippen molar-refractivity contribution in [2.75, 3.05) is 5.33 Å². The van der Waals surface area contributed by atoms with Crippen molar-refractivity contribution in [2.24, 2.45) is 0 Å². The zero-order valence-corrected chi connectivity index (χ0v) is 14.2. The molecule has 2 N–H and O–H groups in total. The molecule has 4 atom stereocenters. The van der Waals surface area contributed by atoms with E-state index in [1.54, 1.807) is 12.1 Å². The van der Waals surface area contributed by atoms with Crippen LogP contribution in [0.5, 0.6) is 0 Å². The van der Waals surface area contributed by atoms with Crippen molar-refractivity contribution in [3.8, 4) is 0 Å². The Balaban J connectivity index is 2.12. The lowest BCUT2D eigenvalue weighted by Gasteiger charge is -2.18. The lowest BCUT2D eigenvalue weighted by molar-refractivity contribution is -0.0281. The van der Waals surface area contributed by atoms with E-state index in [-0.39, 0.29) is 5.28 Å². The number of aliphatic hydroxyl groups excluding tert-OH is 2. The van der Waals surface area contributed by atoms with Gasteiger partial charge >= 0.3 is 0 Å². The smallest absolute Gasteiger partial charge is 0.206 e. The summed E-state index contributed by atoms with van der Waals surface area (Å²) in [4.78, 5) is 4.17. The van der Waals surface area contributed by atoms with Crippen LogP contribution in [0, 0.1) is 0 Å². The number of aliphatic hydroxyl groups is 2. The van der Waals surface area contributed by atoms with Crippen LogP contribution in [0.15, 0.2) is 12.1 Å². The molecule has 1 aromatic heterocycles. The summed E-state index contributed by atoms with van der Waals surface area (Å²) in [5, 5.41) is 21.3. The summed E-state index contributed by atoms with van der Waals surface area (Å²) in [5.41, 5.74) is 1.10. The number of imidazole rings is 1. The SMILES string of the molecule is OC1C(CBr)OC(n2c(Cl)nc3cc(Cl)c(Cl)cc32)C1O. The Labute approximate surface area is 143 Å². The van der Waals surface area contributed by atoms with Gasteiger partial charge in [-0.1, -0.05) is 39.1 Å². The minimum absolute atomic E-state index is 0.120. The molecular formula is C12H10BrCl3N2O3. The highest BCUT2D eigenvalue weighted by Gasteiger charge is 2.44. The molecule has 0 saturated carbocycles. The third-order valence-corrected chi connectivity index (χ3v) is 5.06. The number of aromatic nitrogens is 2. The molecule has 0 amide bonds. The number of hydrogen-bond acceptors (Lipinski definition) is 4. The molecule has 9 heteroatoms. The van der Waals surface area contributed by atoms with Crippen LogP contribution in [0.1, 0.15) is 6.23 Å². The van der Waals surface area contributed by atoms with E-state index in [4.69, 9.17) is 39.5 Å². The lowest BCUT2D eigenvalue weighted by Crippen LogP contribution is -2.32. The van der Waals surface area contributed by atoms with Crippen LogP contribution in [-0.2, 0) is 4.74 Å². The molecule has 21 heavy (non-hydrogen) atoms. The maximum absolute atomic E-state index is 10.2. The van der Waals surface area contributed by atoms with Crippen molar-refractivity contribution in [1.82, 2.24) is 9.55 Å². The van der Waals surface area contributed by atoms with Crippen LogP contribution in [0.3, 0.4) is 0 Å². The van der Waals surface area contributed by atoms with Crippen molar-refractivity contribution in [1.29, 1.82) is 0 Å². The van der Waals surface area contributed by atoms with Crippen LogP contribution < -0.4 is 0 Å². The van der Waals surface area contributed by atoms with E-state index in [1.165, 1.54) is 4.57 Å². The fourth-order valence-electron chi connectivity index (χ4n) is 2.37. The van der Waals surface area contributed by atoms with Crippen molar-refractivity contribution in [2.45, 2.75) is 24.5 Å². The number of benzene rings is 1. The highest BCUT2D eigenvalue weighted by atomic mass is 79.9. The molecule has 0 radical (unpaired) electrons. The largest absolute Gasteiger partial charge is 0.387 e. The number of ether oxygens (including phenoxy) is 1. The zero-order chi connectivity index (χ0) is 15.3. The van der Waals surface area contributed by atoms with Crippen molar-refractivity contribution in [3.63, 3.8) is 0 Å². The average molecular weight is 416 g/mol. The number of nitrogens with zero attached hydrogens (tertiary/aromatic N) is 2. The Hall–Kier alpha value is -0.0800. The average Bonchev–Trinajstić information content (AvgIpc) is 2.89. The van der Waals surface area contributed by atoms with Crippen molar-refractivity contribution >= 4 is 61.8 Å². The maximum atomic E-state index is 10.2. The molecule has 4 unspecified atom stereocenters. The number of alkyl halides is 1. The summed E-state index contributed by atoms with van der Waals surface area (Å²) in [6, 6.07) is 3.18. The predicted octanol–water partition coefficient (Wildman–Crippen LogP) is 3.01. The van der Waals surface area contributed by atoms with E-state index >= 15 is 0 Å². The van der Waals surface area contributed by atoms with Gasteiger partial charge < -0.3 is 14.9 Å². The molecule has 2 heterocycles. The van der Waals surface area contributed by atoms with Gasteiger partial charge in [-0.05, 0) is 23.7 Å². The molecular weight excluding hydrogens is 406 g/mol. The summed E-state index contributed by atoms with van der Waals surface area (Å²) >= 11 is 21.3. The minimum atomic E-state index is -1.13. The molecule has 1 saturated heterocycles. The molecule has 1 fully saturated rings. The zero-order valence-electron chi connectivity index (χ0n) is 10.4. The quantitative estimate of drug-likeness (QED) is 0.739.